The fourth-order valence-corrected chi connectivity index (χ4v) is 1.80. The van der Waals surface area contributed by atoms with Gasteiger partial charge >= 0.3 is 5.97 Å². The van der Waals surface area contributed by atoms with E-state index >= 15 is 0 Å². The monoisotopic (exact) mass is 229 g/mol. The van der Waals surface area contributed by atoms with Gasteiger partial charge in [-0.15, -0.1) is 0 Å². The van der Waals surface area contributed by atoms with E-state index < -0.39 is 5.97 Å². The van der Waals surface area contributed by atoms with Gasteiger partial charge in [0, 0.05) is 6.54 Å². The third kappa shape index (κ3) is 9.97. The quantitative estimate of drug-likeness (QED) is 0.553. The zero-order chi connectivity index (χ0) is 12.2. The number of nitrogens with zero attached hydrogens (tertiary/aromatic N) is 1. The second kappa shape index (κ2) is 10.9. The van der Waals surface area contributed by atoms with Gasteiger partial charge in [0.15, 0.2) is 0 Å². The van der Waals surface area contributed by atoms with Gasteiger partial charge in [-0.1, -0.05) is 46.0 Å². The second-order valence-electron chi connectivity index (χ2n) is 4.35. The maximum absolute atomic E-state index is 10.4. The van der Waals surface area contributed by atoms with Crippen LogP contribution in [0.3, 0.4) is 0 Å². The van der Waals surface area contributed by atoms with Crippen molar-refractivity contribution in [2.24, 2.45) is 0 Å². The van der Waals surface area contributed by atoms with Crippen molar-refractivity contribution in [3.05, 3.63) is 0 Å². The van der Waals surface area contributed by atoms with E-state index in [1.807, 2.05) is 0 Å². The van der Waals surface area contributed by atoms with Crippen LogP contribution in [-0.4, -0.2) is 35.6 Å². The van der Waals surface area contributed by atoms with E-state index in [1.54, 1.807) is 0 Å². The van der Waals surface area contributed by atoms with Gasteiger partial charge in [0.2, 0.25) is 0 Å². The van der Waals surface area contributed by atoms with Crippen LogP contribution in [0, 0.1) is 0 Å². The molecule has 0 amide bonds. The summed E-state index contributed by atoms with van der Waals surface area (Å²) in [5, 5.41) is 8.60. The lowest BCUT2D eigenvalue weighted by molar-refractivity contribution is -0.137. The lowest BCUT2D eigenvalue weighted by Crippen LogP contribution is -2.27. The van der Waals surface area contributed by atoms with Crippen LogP contribution in [0.5, 0.6) is 0 Å². The predicted molar refractivity (Wildman–Crippen MR) is 67.7 cm³/mol. The highest BCUT2D eigenvalue weighted by Gasteiger charge is 2.04. The highest BCUT2D eigenvalue weighted by Crippen LogP contribution is 2.06. The smallest absolute Gasteiger partial charge is 0.304 e. The van der Waals surface area contributed by atoms with E-state index in [4.69, 9.17) is 5.11 Å². The molecule has 0 radical (unpaired) electrons. The molecular formula is C13H27NO2. The Bertz CT molecular complexity index is 171. The molecule has 0 saturated carbocycles. The van der Waals surface area contributed by atoms with Gasteiger partial charge in [-0.3, -0.25) is 4.79 Å². The Morgan fingerprint density at radius 1 is 1.00 bits per heavy atom. The lowest BCUT2D eigenvalue weighted by Gasteiger charge is -2.19. The summed E-state index contributed by atoms with van der Waals surface area (Å²) in [6, 6.07) is 0. The molecule has 0 rings (SSSR count). The van der Waals surface area contributed by atoms with E-state index in [1.165, 1.54) is 38.5 Å². The highest BCUT2D eigenvalue weighted by atomic mass is 16.4. The molecule has 0 aromatic rings. The Labute approximate surface area is 99.8 Å². The standard InChI is InChI=1S/C13H27NO2/c1-3-5-6-7-8-9-11-14(4-2)12-10-13(15)16/h3-12H2,1-2H3,(H,15,16). The molecule has 0 saturated heterocycles. The molecule has 0 bridgehead atoms. The van der Waals surface area contributed by atoms with Crippen molar-refractivity contribution in [1.29, 1.82) is 0 Å². The van der Waals surface area contributed by atoms with Gasteiger partial charge in [-0.2, -0.15) is 0 Å². The van der Waals surface area contributed by atoms with Crippen LogP contribution in [0.15, 0.2) is 0 Å². The average Bonchev–Trinajstić information content (AvgIpc) is 2.27. The molecule has 0 aliphatic heterocycles. The lowest BCUT2D eigenvalue weighted by atomic mass is 10.1. The van der Waals surface area contributed by atoms with Crippen LogP contribution in [0.25, 0.3) is 0 Å². The molecule has 96 valence electrons. The molecule has 1 N–H and O–H groups in total. The Morgan fingerprint density at radius 2 is 1.62 bits per heavy atom. The minimum absolute atomic E-state index is 0.268. The summed E-state index contributed by atoms with van der Waals surface area (Å²) in [7, 11) is 0. The van der Waals surface area contributed by atoms with E-state index in [0.29, 0.717) is 6.54 Å². The molecule has 0 aliphatic rings. The molecule has 0 heterocycles. The van der Waals surface area contributed by atoms with Gasteiger partial charge in [-0.05, 0) is 19.5 Å². The SMILES string of the molecule is CCCCCCCCN(CC)CCC(=O)O. The van der Waals surface area contributed by atoms with Crippen LogP contribution >= 0.6 is 0 Å². The molecular weight excluding hydrogens is 202 g/mol. The maximum Gasteiger partial charge on any atom is 0.304 e. The molecule has 0 aromatic heterocycles. The molecule has 0 aliphatic carbocycles. The summed E-state index contributed by atoms with van der Waals surface area (Å²) in [5.74, 6) is -0.693. The summed E-state index contributed by atoms with van der Waals surface area (Å²) >= 11 is 0. The van der Waals surface area contributed by atoms with E-state index in [0.717, 1.165) is 13.1 Å². The van der Waals surface area contributed by atoms with Gasteiger partial charge in [0.25, 0.3) is 0 Å². The van der Waals surface area contributed by atoms with Crippen LogP contribution < -0.4 is 0 Å². The van der Waals surface area contributed by atoms with E-state index in [2.05, 4.69) is 18.7 Å². The average molecular weight is 229 g/mol. The van der Waals surface area contributed by atoms with E-state index in [9.17, 15) is 4.79 Å². The first kappa shape index (κ1) is 15.4. The summed E-state index contributed by atoms with van der Waals surface area (Å²) < 4.78 is 0. The van der Waals surface area contributed by atoms with Crippen LogP contribution in [0.1, 0.15) is 58.8 Å². The molecule has 0 aromatic carbocycles. The summed E-state index contributed by atoms with van der Waals surface area (Å²) in [4.78, 5) is 12.7. The number of carboxylic acids is 1. The molecule has 3 nitrogen and oxygen atoms in total. The van der Waals surface area contributed by atoms with Gasteiger partial charge < -0.3 is 10.0 Å². The first-order chi connectivity index (χ1) is 7.70. The Kier molecular flexibility index (Phi) is 10.5. The fraction of sp³-hybridized carbons (Fsp3) is 0.923. The van der Waals surface area contributed by atoms with Crippen molar-refractivity contribution in [1.82, 2.24) is 4.90 Å². The van der Waals surface area contributed by atoms with Crippen molar-refractivity contribution in [2.45, 2.75) is 58.8 Å². The van der Waals surface area contributed by atoms with Crippen molar-refractivity contribution in [3.8, 4) is 0 Å². The predicted octanol–water partition coefficient (Wildman–Crippen LogP) is 3.14. The molecule has 3 heteroatoms. The van der Waals surface area contributed by atoms with Gasteiger partial charge in [0.05, 0.1) is 6.42 Å². The highest BCUT2D eigenvalue weighted by molar-refractivity contribution is 5.66. The minimum Gasteiger partial charge on any atom is -0.481 e. The topological polar surface area (TPSA) is 40.5 Å². The molecule has 16 heavy (non-hydrogen) atoms. The fourth-order valence-electron chi connectivity index (χ4n) is 1.80. The Balaban J connectivity index is 3.37. The van der Waals surface area contributed by atoms with Crippen LogP contribution in [0.4, 0.5) is 0 Å². The first-order valence-electron chi connectivity index (χ1n) is 6.64. The zero-order valence-corrected chi connectivity index (χ0v) is 10.9. The second-order valence-corrected chi connectivity index (χ2v) is 4.35. The number of aliphatic carboxylic acids is 1. The third-order valence-corrected chi connectivity index (χ3v) is 2.92. The van der Waals surface area contributed by atoms with Crippen molar-refractivity contribution in [2.75, 3.05) is 19.6 Å². The first-order valence-corrected chi connectivity index (χ1v) is 6.64. The number of hydrogen-bond acceptors (Lipinski definition) is 2. The number of rotatable bonds is 11. The largest absolute Gasteiger partial charge is 0.481 e. The number of carboxylic acid groups (broad SMARTS) is 1. The third-order valence-electron chi connectivity index (χ3n) is 2.92. The minimum atomic E-state index is -0.693. The normalized spacial score (nSPS) is 10.9. The Morgan fingerprint density at radius 3 is 2.19 bits per heavy atom. The van der Waals surface area contributed by atoms with Crippen LogP contribution in [-0.2, 0) is 4.79 Å². The van der Waals surface area contributed by atoms with Crippen molar-refractivity contribution in [3.63, 3.8) is 0 Å². The number of hydrogen-bond donors (Lipinski definition) is 1. The van der Waals surface area contributed by atoms with Crippen molar-refractivity contribution >= 4 is 5.97 Å². The number of unbranched alkanes of at least 4 members (excludes halogenated alkanes) is 5. The van der Waals surface area contributed by atoms with Gasteiger partial charge in [-0.25, -0.2) is 0 Å². The van der Waals surface area contributed by atoms with E-state index in [-0.39, 0.29) is 6.42 Å². The van der Waals surface area contributed by atoms with Crippen LogP contribution in [0.2, 0.25) is 0 Å². The van der Waals surface area contributed by atoms with Gasteiger partial charge in [0.1, 0.15) is 0 Å². The maximum atomic E-state index is 10.4. The molecule has 0 unspecified atom stereocenters. The zero-order valence-electron chi connectivity index (χ0n) is 10.9. The Hall–Kier alpha value is -0.570. The summed E-state index contributed by atoms with van der Waals surface area (Å²) in [6.45, 7) is 7.03. The molecule has 0 atom stereocenters. The summed E-state index contributed by atoms with van der Waals surface area (Å²) in [5.41, 5.74) is 0. The molecule has 0 fully saturated rings. The van der Waals surface area contributed by atoms with Crippen molar-refractivity contribution < 1.29 is 9.90 Å². The molecule has 0 spiro atoms. The summed E-state index contributed by atoms with van der Waals surface area (Å²) in [6.07, 6.45) is 8.06. The number of carbonyl (C=O) groups is 1.